The molecule has 1 saturated heterocycles. The van der Waals surface area contributed by atoms with Crippen molar-refractivity contribution in [2.45, 2.75) is 102 Å². The highest BCUT2D eigenvalue weighted by molar-refractivity contribution is 5.74. The number of rotatable bonds is 12. The van der Waals surface area contributed by atoms with Crippen molar-refractivity contribution < 1.29 is 32.6 Å². The number of ether oxygens (including phenoxy) is 1. The predicted octanol–water partition coefficient (Wildman–Crippen LogP) is 7.10. The fraction of sp³-hybridized carbons (Fsp3) is 0.611. The molecule has 3 aliphatic rings. The predicted molar refractivity (Wildman–Crippen MR) is 170 cm³/mol. The molecule has 2 N–H and O–H groups in total. The van der Waals surface area contributed by atoms with Crippen molar-refractivity contribution >= 4 is 12.1 Å². The molecule has 1 amide bonds. The van der Waals surface area contributed by atoms with Gasteiger partial charge in [0.2, 0.25) is 0 Å². The summed E-state index contributed by atoms with van der Waals surface area (Å²) in [5, 5.41) is 13.6. The number of nitrogens with zero attached hydrogens (tertiary/aromatic N) is 2. The van der Waals surface area contributed by atoms with Gasteiger partial charge in [0, 0.05) is 38.3 Å². The highest BCUT2D eigenvalue weighted by Gasteiger charge is 2.40. The molecule has 46 heavy (non-hydrogen) atoms. The Morgan fingerprint density at radius 3 is 2.43 bits per heavy atom. The Hall–Kier alpha value is -3.11. The van der Waals surface area contributed by atoms with E-state index in [9.17, 15) is 27.9 Å². The fourth-order valence-corrected chi connectivity index (χ4v) is 8.01. The number of benzene rings is 2. The summed E-state index contributed by atoms with van der Waals surface area (Å²) in [6.07, 6.45) is 8.68. The van der Waals surface area contributed by atoms with E-state index in [-0.39, 0.29) is 42.3 Å². The van der Waals surface area contributed by atoms with Gasteiger partial charge in [0.1, 0.15) is 18.5 Å². The van der Waals surface area contributed by atoms with Crippen LogP contribution in [-0.2, 0) is 16.1 Å². The average molecular weight is 644 g/mol. The number of carbonyl (C=O) groups is 2. The van der Waals surface area contributed by atoms with Gasteiger partial charge in [-0.3, -0.25) is 4.79 Å². The normalized spacial score (nSPS) is 23.7. The summed E-state index contributed by atoms with van der Waals surface area (Å²) >= 11 is 0. The molecule has 10 heteroatoms. The van der Waals surface area contributed by atoms with E-state index in [1.807, 2.05) is 13.0 Å². The van der Waals surface area contributed by atoms with Crippen molar-refractivity contribution in [3.8, 4) is 0 Å². The van der Waals surface area contributed by atoms with Crippen LogP contribution in [0.4, 0.5) is 18.0 Å². The van der Waals surface area contributed by atoms with E-state index < -0.39 is 29.7 Å². The second kappa shape index (κ2) is 16.1. The molecular formula is C36H48F3N3O4. The first kappa shape index (κ1) is 34.2. The Balaban J connectivity index is 1.19. The van der Waals surface area contributed by atoms with Crippen molar-refractivity contribution in [3.63, 3.8) is 0 Å². The highest BCUT2D eigenvalue weighted by Crippen LogP contribution is 2.42. The molecule has 3 fully saturated rings. The van der Waals surface area contributed by atoms with Crippen LogP contribution in [0.15, 0.2) is 42.5 Å². The summed E-state index contributed by atoms with van der Waals surface area (Å²) in [6.45, 7) is 4.84. The standard InChI is InChI=1S/C36H48F3N3O4/c1-2-15-42(36(45)46-23-24-11-12-32(38)33(39)18-24)30-13-16-41(17-14-30)22-27-20-29(21-31(27)26-9-6-10-28(37)19-26)40-34(35(43)44)25-7-4-3-5-8-25/h6,9-12,18-19,25,27,29-31,34,40H,2-5,7-8,13-17,20-23H2,1H3,(H,43,44). The van der Waals surface area contributed by atoms with Crippen LogP contribution in [0, 0.1) is 29.3 Å². The molecule has 1 heterocycles. The van der Waals surface area contributed by atoms with E-state index in [0.717, 1.165) is 95.1 Å². The summed E-state index contributed by atoms with van der Waals surface area (Å²) in [5.41, 5.74) is 1.36. The number of hydrogen-bond acceptors (Lipinski definition) is 5. The molecule has 1 aliphatic heterocycles. The Morgan fingerprint density at radius 2 is 1.76 bits per heavy atom. The van der Waals surface area contributed by atoms with Crippen molar-refractivity contribution in [2.75, 3.05) is 26.2 Å². The quantitative estimate of drug-likeness (QED) is 0.257. The first-order chi connectivity index (χ1) is 22.2. The van der Waals surface area contributed by atoms with Crippen LogP contribution in [0.25, 0.3) is 0 Å². The molecule has 2 saturated carbocycles. The van der Waals surface area contributed by atoms with Crippen LogP contribution in [0.5, 0.6) is 0 Å². The Labute approximate surface area is 270 Å². The van der Waals surface area contributed by atoms with Gasteiger partial charge in [-0.25, -0.2) is 18.0 Å². The SMILES string of the molecule is CCCN(C(=O)OCc1ccc(F)c(F)c1)C1CCN(CC2CC(NC(C(=O)O)C3CCCCC3)CC2c2cccc(F)c2)CC1. The number of piperidine rings is 1. The lowest BCUT2D eigenvalue weighted by Crippen LogP contribution is -2.49. The molecule has 4 unspecified atom stereocenters. The lowest BCUT2D eigenvalue weighted by Gasteiger charge is -2.39. The zero-order valence-corrected chi connectivity index (χ0v) is 26.8. The molecule has 0 bridgehead atoms. The van der Waals surface area contributed by atoms with Crippen LogP contribution >= 0.6 is 0 Å². The molecule has 5 rings (SSSR count). The lowest BCUT2D eigenvalue weighted by atomic mass is 9.83. The monoisotopic (exact) mass is 643 g/mol. The Kier molecular flexibility index (Phi) is 12.0. The maximum atomic E-state index is 14.3. The molecule has 0 radical (unpaired) electrons. The summed E-state index contributed by atoms with van der Waals surface area (Å²) < 4.78 is 46.7. The van der Waals surface area contributed by atoms with Gasteiger partial charge in [0.25, 0.3) is 0 Å². The van der Waals surface area contributed by atoms with Crippen molar-refractivity contribution in [1.29, 1.82) is 0 Å². The number of nitrogens with one attached hydrogen (secondary N) is 1. The fourth-order valence-electron chi connectivity index (χ4n) is 8.01. The first-order valence-corrected chi connectivity index (χ1v) is 17.1. The molecular weight excluding hydrogens is 595 g/mol. The third-order valence-electron chi connectivity index (χ3n) is 10.3. The maximum absolute atomic E-state index is 14.3. The second-order valence-electron chi connectivity index (χ2n) is 13.5. The molecule has 4 atom stereocenters. The smallest absolute Gasteiger partial charge is 0.410 e. The summed E-state index contributed by atoms with van der Waals surface area (Å²) in [6, 6.07) is 9.80. The zero-order chi connectivity index (χ0) is 32.6. The molecule has 2 aromatic carbocycles. The highest BCUT2D eigenvalue weighted by atomic mass is 19.2. The number of aliphatic carboxylic acids is 1. The van der Waals surface area contributed by atoms with Crippen molar-refractivity contribution in [1.82, 2.24) is 15.1 Å². The van der Waals surface area contributed by atoms with Gasteiger partial charge in [0.05, 0.1) is 0 Å². The van der Waals surface area contributed by atoms with E-state index in [4.69, 9.17) is 4.74 Å². The van der Waals surface area contributed by atoms with Gasteiger partial charge in [-0.15, -0.1) is 0 Å². The number of carboxylic acid groups (broad SMARTS) is 1. The number of amides is 1. The maximum Gasteiger partial charge on any atom is 0.410 e. The lowest BCUT2D eigenvalue weighted by molar-refractivity contribution is -0.141. The number of carbonyl (C=O) groups excluding carboxylic acids is 1. The van der Waals surface area contributed by atoms with Gasteiger partial charge < -0.3 is 25.0 Å². The Morgan fingerprint density at radius 1 is 1.00 bits per heavy atom. The number of likely N-dealkylation sites (tertiary alicyclic amines) is 1. The van der Waals surface area contributed by atoms with Crippen molar-refractivity contribution in [3.05, 3.63) is 71.0 Å². The molecule has 7 nitrogen and oxygen atoms in total. The van der Waals surface area contributed by atoms with Gasteiger partial charge in [0.15, 0.2) is 11.6 Å². The van der Waals surface area contributed by atoms with Crippen LogP contribution in [-0.4, -0.2) is 71.3 Å². The largest absolute Gasteiger partial charge is 0.480 e. The molecule has 252 valence electrons. The third-order valence-corrected chi connectivity index (χ3v) is 10.3. The summed E-state index contributed by atoms with van der Waals surface area (Å²) in [7, 11) is 0. The van der Waals surface area contributed by atoms with E-state index in [0.29, 0.717) is 12.1 Å². The second-order valence-corrected chi connectivity index (χ2v) is 13.5. The molecule has 0 aromatic heterocycles. The minimum Gasteiger partial charge on any atom is -0.480 e. The van der Waals surface area contributed by atoms with Crippen molar-refractivity contribution in [2.24, 2.45) is 11.8 Å². The van der Waals surface area contributed by atoms with Gasteiger partial charge in [-0.1, -0.05) is 44.4 Å². The van der Waals surface area contributed by atoms with Crippen LogP contribution in [0.2, 0.25) is 0 Å². The number of carboxylic acids is 1. The van der Waals surface area contributed by atoms with Gasteiger partial charge in [-0.2, -0.15) is 0 Å². The summed E-state index contributed by atoms with van der Waals surface area (Å²) in [5.74, 6) is -2.44. The minimum atomic E-state index is -0.971. The van der Waals surface area contributed by atoms with E-state index >= 15 is 0 Å². The third kappa shape index (κ3) is 8.82. The van der Waals surface area contributed by atoms with Crippen LogP contribution in [0.1, 0.15) is 88.2 Å². The molecule has 0 spiro atoms. The summed E-state index contributed by atoms with van der Waals surface area (Å²) in [4.78, 5) is 29.6. The average Bonchev–Trinajstić information content (AvgIpc) is 3.45. The first-order valence-electron chi connectivity index (χ1n) is 17.1. The van der Waals surface area contributed by atoms with Crippen LogP contribution in [0.3, 0.4) is 0 Å². The Bertz CT molecular complexity index is 1320. The zero-order valence-electron chi connectivity index (χ0n) is 26.8. The molecule has 2 aliphatic carbocycles. The number of halogens is 3. The number of hydrogen-bond donors (Lipinski definition) is 2. The van der Waals surface area contributed by atoms with Crippen LogP contribution < -0.4 is 5.32 Å². The van der Waals surface area contributed by atoms with Gasteiger partial charge >= 0.3 is 12.1 Å². The van der Waals surface area contributed by atoms with E-state index in [1.165, 1.54) is 18.6 Å². The molecule has 2 aromatic rings. The van der Waals surface area contributed by atoms with Gasteiger partial charge in [-0.05, 0) is 98.1 Å². The van der Waals surface area contributed by atoms with E-state index in [1.54, 1.807) is 17.0 Å². The van der Waals surface area contributed by atoms with E-state index in [2.05, 4.69) is 10.2 Å². The minimum absolute atomic E-state index is 0.0116. The topological polar surface area (TPSA) is 82.1 Å².